The number of halogens is 2. The van der Waals surface area contributed by atoms with Gasteiger partial charge in [-0.25, -0.2) is 4.98 Å². The summed E-state index contributed by atoms with van der Waals surface area (Å²) < 4.78 is 18.8. The molecular formula is C20H19BrClN3O3. The lowest BCUT2D eigenvalue weighted by Gasteiger charge is -2.43. The molecule has 0 unspecified atom stereocenters. The SMILES string of the molecule is NC1=N[C@@]2(CO[C@@H]1C1CCOCC1)c1cc(Br)ccc1Oc1cnc(Cl)cc12. The number of nitrogens with zero attached hydrogens (tertiary/aromatic N) is 2. The average Bonchev–Trinajstić information content (AvgIpc) is 2.70. The van der Waals surface area contributed by atoms with Gasteiger partial charge in [0.05, 0.1) is 12.8 Å². The van der Waals surface area contributed by atoms with Crippen LogP contribution in [0.15, 0.2) is 39.9 Å². The van der Waals surface area contributed by atoms with Crippen LogP contribution in [0.1, 0.15) is 24.0 Å². The van der Waals surface area contributed by atoms with Gasteiger partial charge in [-0.15, -0.1) is 0 Å². The summed E-state index contributed by atoms with van der Waals surface area (Å²) in [7, 11) is 0. The molecule has 1 aromatic heterocycles. The van der Waals surface area contributed by atoms with Crippen LogP contribution < -0.4 is 10.5 Å². The Morgan fingerprint density at radius 2 is 1.93 bits per heavy atom. The third-order valence-corrected chi connectivity index (χ3v) is 6.36. The molecule has 0 radical (unpaired) electrons. The Morgan fingerprint density at radius 3 is 2.71 bits per heavy atom. The molecule has 8 heteroatoms. The number of ether oxygens (including phenoxy) is 3. The van der Waals surface area contributed by atoms with Crippen molar-refractivity contribution in [2.75, 3.05) is 19.8 Å². The van der Waals surface area contributed by atoms with E-state index in [9.17, 15) is 0 Å². The first-order valence-electron chi connectivity index (χ1n) is 9.25. The Morgan fingerprint density at radius 1 is 1.14 bits per heavy atom. The van der Waals surface area contributed by atoms with Crippen molar-refractivity contribution in [2.45, 2.75) is 24.5 Å². The van der Waals surface area contributed by atoms with E-state index in [1.807, 2.05) is 18.2 Å². The number of amidine groups is 1. The molecular weight excluding hydrogens is 446 g/mol. The maximum atomic E-state index is 6.49. The van der Waals surface area contributed by atoms with Gasteiger partial charge in [-0.3, -0.25) is 4.99 Å². The molecule has 3 aliphatic rings. The predicted octanol–water partition coefficient (Wildman–Crippen LogP) is 4.03. The Kier molecular flexibility index (Phi) is 4.58. The van der Waals surface area contributed by atoms with Crippen LogP contribution in [-0.2, 0) is 15.0 Å². The number of hydrogen-bond donors (Lipinski definition) is 1. The number of aliphatic imine (C=N–C) groups is 1. The number of benzene rings is 1. The molecule has 0 saturated carbocycles. The summed E-state index contributed by atoms with van der Waals surface area (Å²) in [5.74, 6) is 2.15. The number of fused-ring (bicyclic) bond motifs is 4. The molecule has 1 aromatic carbocycles. The van der Waals surface area contributed by atoms with Crippen molar-refractivity contribution in [3.63, 3.8) is 0 Å². The molecule has 146 valence electrons. The summed E-state index contributed by atoms with van der Waals surface area (Å²) in [6.45, 7) is 1.82. The Labute approximate surface area is 176 Å². The molecule has 3 aliphatic heterocycles. The van der Waals surface area contributed by atoms with E-state index in [1.54, 1.807) is 12.3 Å². The number of nitrogens with two attached hydrogens (primary N) is 1. The summed E-state index contributed by atoms with van der Waals surface area (Å²) in [5.41, 5.74) is 7.38. The molecule has 0 aliphatic carbocycles. The Balaban J connectivity index is 1.65. The lowest BCUT2D eigenvalue weighted by molar-refractivity contribution is -0.0238. The monoisotopic (exact) mass is 463 g/mol. The second-order valence-electron chi connectivity index (χ2n) is 7.32. The fraction of sp³-hybridized carbons (Fsp3) is 0.400. The van der Waals surface area contributed by atoms with E-state index in [0.29, 0.717) is 35.0 Å². The first-order chi connectivity index (χ1) is 13.6. The van der Waals surface area contributed by atoms with Crippen molar-refractivity contribution >= 4 is 33.4 Å². The highest BCUT2D eigenvalue weighted by Gasteiger charge is 2.48. The van der Waals surface area contributed by atoms with Crippen molar-refractivity contribution < 1.29 is 14.2 Å². The van der Waals surface area contributed by atoms with Crippen LogP contribution in [0, 0.1) is 5.92 Å². The molecule has 5 rings (SSSR count). The van der Waals surface area contributed by atoms with Gasteiger partial charge in [-0.05, 0) is 43.0 Å². The van der Waals surface area contributed by atoms with E-state index in [4.69, 9.17) is 36.5 Å². The lowest BCUT2D eigenvalue weighted by atomic mass is 9.80. The summed E-state index contributed by atoms with van der Waals surface area (Å²) in [6.07, 6.45) is 3.27. The third kappa shape index (κ3) is 2.92. The van der Waals surface area contributed by atoms with Crippen LogP contribution >= 0.6 is 27.5 Å². The van der Waals surface area contributed by atoms with E-state index in [2.05, 4.69) is 20.9 Å². The van der Waals surface area contributed by atoms with Crippen molar-refractivity contribution in [1.29, 1.82) is 0 Å². The minimum atomic E-state index is -0.814. The summed E-state index contributed by atoms with van der Waals surface area (Å²) in [5, 5.41) is 0.375. The van der Waals surface area contributed by atoms with Gasteiger partial charge in [0.15, 0.2) is 5.75 Å². The van der Waals surface area contributed by atoms with Gasteiger partial charge in [0, 0.05) is 28.8 Å². The van der Waals surface area contributed by atoms with Gasteiger partial charge >= 0.3 is 0 Å². The zero-order valence-electron chi connectivity index (χ0n) is 15.0. The van der Waals surface area contributed by atoms with Gasteiger partial charge in [-0.1, -0.05) is 27.5 Å². The zero-order valence-corrected chi connectivity index (χ0v) is 17.4. The maximum Gasteiger partial charge on any atom is 0.151 e. The molecule has 4 heterocycles. The number of pyridine rings is 1. The molecule has 2 N–H and O–H groups in total. The normalized spacial score (nSPS) is 26.9. The van der Waals surface area contributed by atoms with E-state index in [0.717, 1.165) is 41.7 Å². The minimum Gasteiger partial charge on any atom is -0.455 e. The minimum absolute atomic E-state index is 0.200. The zero-order chi connectivity index (χ0) is 19.3. The van der Waals surface area contributed by atoms with E-state index in [1.165, 1.54) is 0 Å². The molecule has 1 fully saturated rings. The molecule has 6 nitrogen and oxygen atoms in total. The lowest BCUT2D eigenvalue weighted by Crippen LogP contribution is -2.50. The van der Waals surface area contributed by atoms with Crippen LogP contribution in [0.4, 0.5) is 0 Å². The van der Waals surface area contributed by atoms with Gasteiger partial charge in [0.2, 0.25) is 0 Å². The van der Waals surface area contributed by atoms with Crippen molar-refractivity contribution in [3.8, 4) is 11.5 Å². The molecule has 1 spiro atoms. The third-order valence-electron chi connectivity index (χ3n) is 5.66. The molecule has 2 atom stereocenters. The van der Waals surface area contributed by atoms with Gasteiger partial charge < -0.3 is 19.9 Å². The maximum absolute atomic E-state index is 6.49. The number of rotatable bonds is 1. The van der Waals surface area contributed by atoms with Crippen LogP contribution in [0.3, 0.4) is 0 Å². The first-order valence-corrected chi connectivity index (χ1v) is 10.4. The second kappa shape index (κ2) is 6.99. The van der Waals surface area contributed by atoms with E-state index < -0.39 is 5.54 Å². The Bertz CT molecular complexity index is 910. The van der Waals surface area contributed by atoms with Gasteiger partial charge in [0.25, 0.3) is 0 Å². The van der Waals surface area contributed by atoms with Gasteiger partial charge in [-0.2, -0.15) is 0 Å². The highest BCUT2D eigenvalue weighted by Crippen LogP contribution is 2.51. The van der Waals surface area contributed by atoms with E-state index in [-0.39, 0.29) is 6.10 Å². The van der Waals surface area contributed by atoms with Crippen molar-refractivity contribution in [3.05, 3.63) is 51.2 Å². The van der Waals surface area contributed by atoms with Crippen LogP contribution in [0.2, 0.25) is 5.15 Å². The van der Waals surface area contributed by atoms with Crippen LogP contribution in [0.25, 0.3) is 0 Å². The quantitative estimate of drug-likeness (QED) is 0.645. The predicted molar refractivity (Wildman–Crippen MR) is 109 cm³/mol. The molecule has 2 aromatic rings. The highest BCUT2D eigenvalue weighted by atomic mass is 79.9. The first kappa shape index (κ1) is 18.4. The summed E-state index contributed by atoms with van der Waals surface area (Å²) >= 11 is 9.77. The number of aromatic nitrogens is 1. The highest BCUT2D eigenvalue weighted by molar-refractivity contribution is 9.10. The molecule has 1 saturated heterocycles. The molecule has 28 heavy (non-hydrogen) atoms. The summed E-state index contributed by atoms with van der Waals surface area (Å²) in [4.78, 5) is 9.20. The standard InChI is InChI=1S/C20H19BrClN3O3/c21-12-1-2-15-13(7-12)20(14-8-17(22)24-9-16(14)28-15)10-27-18(19(23)25-20)11-3-5-26-6-4-11/h1-2,7-9,11,18H,3-6,10H2,(H2,23,25)/t18-,20+/m1/s1. The Hall–Kier alpha value is -1.67. The van der Waals surface area contributed by atoms with Crippen LogP contribution in [0.5, 0.6) is 11.5 Å². The molecule has 0 amide bonds. The van der Waals surface area contributed by atoms with Crippen molar-refractivity contribution in [2.24, 2.45) is 16.6 Å². The average molecular weight is 465 g/mol. The van der Waals surface area contributed by atoms with Crippen LogP contribution in [-0.4, -0.2) is 36.7 Å². The van der Waals surface area contributed by atoms with Crippen molar-refractivity contribution in [1.82, 2.24) is 4.98 Å². The molecule has 0 bridgehead atoms. The van der Waals surface area contributed by atoms with E-state index >= 15 is 0 Å². The van der Waals surface area contributed by atoms with Gasteiger partial charge in [0.1, 0.15) is 28.4 Å². The fourth-order valence-corrected chi connectivity index (χ4v) is 4.80. The largest absolute Gasteiger partial charge is 0.455 e. The second-order valence-corrected chi connectivity index (χ2v) is 8.63. The smallest absolute Gasteiger partial charge is 0.151 e. The summed E-state index contributed by atoms with van der Waals surface area (Å²) in [6, 6.07) is 7.63. The topological polar surface area (TPSA) is 79.0 Å². The fourth-order valence-electron chi connectivity index (χ4n) is 4.28. The number of hydrogen-bond acceptors (Lipinski definition) is 6.